The number of hydrazine groups is 1. The zero-order chi connectivity index (χ0) is 13.2. The molecule has 98 valence electrons. The van der Waals surface area contributed by atoms with E-state index in [1.54, 1.807) is 6.92 Å². The summed E-state index contributed by atoms with van der Waals surface area (Å²) in [6.07, 6.45) is 0.667. The third kappa shape index (κ3) is 2.69. The highest BCUT2D eigenvalue weighted by atomic mass is 32.1. The lowest BCUT2D eigenvalue weighted by molar-refractivity contribution is 0.0697. The normalized spacial score (nSPS) is 14.4. The molecule has 2 aromatic rings. The van der Waals surface area contributed by atoms with Gasteiger partial charge in [0.1, 0.15) is 10.6 Å². The first-order valence-corrected chi connectivity index (χ1v) is 6.62. The number of anilines is 2. The summed E-state index contributed by atoms with van der Waals surface area (Å²) in [6.45, 7) is 4.15. The first kappa shape index (κ1) is 13.0. The van der Waals surface area contributed by atoms with Gasteiger partial charge in [-0.2, -0.15) is 4.98 Å². The Morgan fingerprint density at radius 2 is 2.28 bits per heavy atom. The van der Waals surface area contributed by atoms with Crippen LogP contribution in [0.3, 0.4) is 0 Å². The van der Waals surface area contributed by atoms with Crippen molar-refractivity contribution in [1.82, 2.24) is 9.97 Å². The molecule has 2 rings (SSSR count). The number of thiophene rings is 1. The fourth-order valence-electron chi connectivity index (χ4n) is 1.45. The van der Waals surface area contributed by atoms with E-state index >= 15 is 0 Å². The van der Waals surface area contributed by atoms with E-state index in [1.165, 1.54) is 11.3 Å². The molecular weight excluding hydrogens is 250 g/mol. The third-order valence-corrected chi connectivity index (χ3v) is 3.66. The van der Waals surface area contributed by atoms with Crippen molar-refractivity contribution in [3.63, 3.8) is 0 Å². The number of nitrogens with zero attached hydrogens (tertiary/aromatic N) is 2. The lowest BCUT2D eigenvalue weighted by atomic mass is 10.0. The summed E-state index contributed by atoms with van der Waals surface area (Å²) < 4.78 is 0. The van der Waals surface area contributed by atoms with Crippen molar-refractivity contribution in [2.24, 2.45) is 5.84 Å². The van der Waals surface area contributed by atoms with Crippen molar-refractivity contribution in [1.29, 1.82) is 0 Å². The molecule has 0 bridgehead atoms. The Balaban J connectivity index is 2.28. The molecule has 2 aromatic heterocycles. The summed E-state index contributed by atoms with van der Waals surface area (Å²) in [5, 5.41) is 16.0. The first-order valence-electron chi connectivity index (χ1n) is 5.74. The number of fused-ring (bicyclic) bond motifs is 1. The quantitative estimate of drug-likeness (QED) is 0.485. The molecule has 0 aliphatic carbocycles. The van der Waals surface area contributed by atoms with E-state index in [1.807, 2.05) is 18.4 Å². The minimum absolute atomic E-state index is 0.364. The molecule has 0 aliphatic rings. The minimum atomic E-state index is -0.760. The fourth-order valence-corrected chi connectivity index (χ4v) is 2.22. The van der Waals surface area contributed by atoms with Gasteiger partial charge in [-0.05, 0) is 24.8 Å². The van der Waals surface area contributed by atoms with E-state index in [0.29, 0.717) is 24.7 Å². The monoisotopic (exact) mass is 267 g/mol. The zero-order valence-corrected chi connectivity index (χ0v) is 11.2. The molecule has 18 heavy (non-hydrogen) atoms. The standard InChI is InChI=1S/C11H17N5OS/c1-3-11(2,17)6-13-8-7-4-5-18-9(7)15-10(14-8)16-12/h4-5,17H,3,6,12H2,1-2H3,(H2,13,14,15,16). The van der Waals surface area contributed by atoms with Crippen LogP contribution in [0.15, 0.2) is 11.4 Å². The van der Waals surface area contributed by atoms with Gasteiger partial charge in [0, 0.05) is 6.54 Å². The molecule has 0 spiro atoms. The van der Waals surface area contributed by atoms with Crippen LogP contribution in [0.5, 0.6) is 0 Å². The molecule has 6 nitrogen and oxygen atoms in total. The predicted octanol–water partition coefficient (Wildman–Crippen LogP) is 1.55. The van der Waals surface area contributed by atoms with Crippen LogP contribution >= 0.6 is 11.3 Å². The summed E-state index contributed by atoms with van der Waals surface area (Å²) in [7, 11) is 0. The second kappa shape index (κ2) is 5.05. The number of nitrogens with one attached hydrogen (secondary N) is 2. The van der Waals surface area contributed by atoms with Crippen molar-refractivity contribution in [3.8, 4) is 0 Å². The van der Waals surface area contributed by atoms with Crippen molar-refractivity contribution >= 4 is 33.3 Å². The van der Waals surface area contributed by atoms with Gasteiger partial charge in [0.05, 0.1) is 11.0 Å². The van der Waals surface area contributed by atoms with Crippen LogP contribution < -0.4 is 16.6 Å². The van der Waals surface area contributed by atoms with Crippen molar-refractivity contribution in [2.45, 2.75) is 25.9 Å². The lowest BCUT2D eigenvalue weighted by Gasteiger charge is -2.22. The number of rotatable bonds is 5. The number of nitrogen functional groups attached to an aromatic ring is 1. The Labute approximate surface area is 109 Å². The van der Waals surface area contributed by atoms with Crippen LogP contribution in [-0.2, 0) is 0 Å². The van der Waals surface area contributed by atoms with E-state index in [9.17, 15) is 5.11 Å². The van der Waals surface area contributed by atoms with Crippen LogP contribution in [0, 0.1) is 0 Å². The van der Waals surface area contributed by atoms with Gasteiger partial charge in [0.15, 0.2) is 0 Å². The molecule has 5 N–H and O–H groups in total. The second-order valence-corrected chi connectivity index (χ2v) is 5.28. The first-order chi connectivity index (χ1) is 8.55. The summed E-state index contributed by atoms with van der Waals surface area (Å²) in [4.78, 5) is 9.37. The van der Waals surface area contributed by atoms with E-state index in [0.717, 1.165) is 10.2 Å². The van der Waals surface area contributed by atoms with Gasteiger partial charge in [-0.15, -0.1) is 11.3 Å². The number of aliphatic hydroxyl groups is 1. The third-order valence-electron chi connectivity index (χ3n) is 2.85. The van der Waals surface area contributed by atoms with E-state index in [4.69, 9.17) is 5.84 Å². The molecule has 0 aliphatic heterocycles. The average Bonchev–Trinajstić information content (AvgIpc) is 2.84. The van der Waals surface area contributed by atoms with Gasteiger partial charge >= 0.3 is 0 Å². The Kier molecular flexibility index (Phi) is 3.65. The molecule has 1 unspecified atom stereocenters. The van der Waals surface area contributed by atoms with Gasteiger partial charge < -0.3 is 10.4 Å². The maximum absolute atomic E-state index is 9.99. The van der Waals surface area contributed by atoms with Gasteiger partial charge in [-0.25, -0.2) is 10.8 Å². The van der Waals surface area contributed by atoms with Gasteiger partial charge in [0.2, 0.25) is 5.95 Å². The van der Waals surface area contributed by atoms with E-state index < -0.39 is 5.60 Å². The van der Waals surface area contributed by atoms with Gasteiger partial charge in [-0.1, -0.05) is 6.92 Å². The topological polar surface area (TPSA) is 96.1 Å². The van der Waals surface area contributed by atoms with E-state index in [-0.39, 0.29) is 0 Å². The molecule has 0 radical (unpaired) electrons. The van der Waals surface area contributed by atoms with E-state index in [2.05, 4.69) is 20.7 Å². The van der Waals surface area contributed by atoms with Gasteiger partial charge in [0.25, 0.3) is 0 Å². The molecular formula is C11H17N5OS. The highest BCUT2D eigenvalue weighted by Crippen LogP contribution is 2.26. The number of hydrogen-bond acceptors (Lipinski definition) is 7. The number of nitrogens with two attached hydrogens (primary N) is 1. The van der Waals surface area contributed by atoms with Crippen LogP contribution in [0.4, 0.5) is 11.8 Å². The summed E-state index contributed by atoms with van der Waals surface area (Å²) >= 11 is 1.52. The highest BCUT2D eigenvalue weighted by Gasteiger charge is 2.18. The SMILES string of the molecule is CCC(C)(O)CNc1nc(NN)nc2sccc12. The van der Waals surface area contributed by atoms with Crippen molar-refractivity contribution < 1.29 is 5.11 Å². The Morgan fingerprint density at radius 3 is 2.94 bits per heavy atom. The maximum atomic E-state index is 9.99. The van der Waals surface area contributed by atoms with Crippen LogP contribution in [0.1, 0.15) is 20.3 Å². The molecule has 0 amide bonds. The lowest BCUT2D eigenvalue weighted by Crippen LogP contribution is -2.32. The largest absolute Gasteiger partial charge is 0.388 e. The predicted molar refractivity (Wildman–Crippen MR) is 74.6 cm³/mol. The highest BCUT2D eigenvalue weighted by molar-refractivity contribution is 7.16. The molecule has 0 aromatic carbocycles. The van der Waals surface area contributed by atoms with Crippen LogP contribution in [-0.4, -0.2) is 27.2 Å². The Hall–Kier alpha value is -1.44. The molecule has 7 heteroatoms. The number of hydrogen-bond donors (Lipinski definition) is 4. The van der Waals surface area contributed by atoms with Crippen LogP contribution in [0.2, 0.25) is 0 Å². The smallest absolute Gasteiger partial charge is 0.240 e. The molecule has 0 fully saturated rings. The zero-order valence-electron chi connectivity index (χ0n) is 10.4. The Bertz CT molecular complexity index is 539. The maximum Gasteiger partial charge on any atom is 0.240 e. The number of aromatic nitrogens is 2. The average molecular weight is 267 g/mol. The summed E-state index contributed by atoms with van der Waals surface area (Å²) in [5.41, 5.74) is 1.68. The summed E-state index contributed by atoms with van der Waals surface area (Å²) in [5.74, 6) is 6.39. The minimum Gasteiger partial charge on any atom is -0.388 e. The van der Waals surface area contributed by atoms with Crippen molar-refractivity contribution in [2.75, 3.05) is 17.3 Å². The second-order valence-electron chi connectivity index (χ2n) is 4.38. The molecule has 0 saturated carbocycles. The molecule has 0 saturated heterocycles. The molecule has 2 heterocycles. The summed E-state index contributed by atoms with van der Waals surface area (Å²) in [6, 6.07) is 1.95. The molecule has 1 atom stereocenters. The van der Waals surface area contributed by atoms with Crippen molar-refractivity contribution in [3.05, 3.63) is 11.4 Å². The fraction of sp³-hybridized carbons (Fsp3) is 0.455. The Morgan fingerprint density at radius 1 is 1.50 bits per heavy atom. The van der Waals surface area contributed by atoms with Crippen LogP contribution in [0.25, 0.3) is 10.2 Å². The van der Waals surface area contributed by atoms with Gasteiger partial charge in [-0.3, -0.25) is 5.43 Å².